The summed E-state index contributed by atoms with van der Waals surface area (Å²) in [6.45, 7) is 3.85. The number of piperidine rings is 1. The number of aliphatic hydroxyl groups is 1. The van der Waals surface area contributed by atoms with Gasteiger partial charge in [-0.3, -0.25) is 14.4 Å². The first-order chi connectivity index (χ1) is 16.0. The van der Waals surface area contributed by atoms with Crippen molar-refractivity contribution >= 4 is 5.91 Å². The van der Waals surface area contributed by atoms with Gasteiger partial charge in [0.05, 0.1) is 5.60 Å². The highest BCUT2D eigenvalue weighted by Gasteiger charge is 2.63. The molecule has 1 aromatic heterocycles. The highest BCUT2D eigenvalue weighted by Crippen LogP contribution is 2.56. The molecule has 1 amide bonds. The van der Waals surface area contributed by atoms with Crippen LogP contribution in [0.25, 0.3) is 0 Å². The van der Waals surface area contributed by atoms with Gasteiger partial charge < -0.3 is 15.1 Å². The molecule has 3 atom stereocenters. The van der Waals surface area contributed by atoms with E-state index in [2.05, 4.69) is 16.1 Å². The van der Waals surface area contributed by atoms with Gasteiger partial charge in [-0.1, -0.05) is 6.07 Å². The third kappa shape index (κ3) is 3.48. The van der Waals surface area contributed by atoms with Crippen LogP contribution in [0.3, 0.4) is 0 Å². The molecule has 4 aliphatic rings. The Balaban J connectivity index is 1.30. The van der Waals surface area contributed by atoms with Gasteiger partial charge in [0.15, 0.2) is 0 Å². The molecule has 33 heavy (non-hydrogen) atoms. The average Bonchev–Trinajstić information content (AvgIpc) is 3.50. The van der Waals surface area contributed by atoms with E-state index in [1.54, 1.807) is 16.9 Å². The van der Waals surface area contributed by atoms with E-state index in [1.807, 2.05) is 23.2 Å². The monoisotopic (exact) mass is 450 g/mol. The van der Waals surface area contributed by atoms with Gasteiger partial charge in [-0.15, -0.1) is 0 Å². The summed E-state index contributed by atoms with van der Waals surface area (Å²) in [4.78, 5) is 17.6. The molecule has 2 saturated heterocycles. The van der Waals surface area contributed by atoms with Crippen LogP contribution in [0.5, 0.6) is 5.75 Å². The lowest BCUT2D eigenvalue weighted by Gasteiger charge is -2.61. The van der Waals surface area contributed by atoms with Gasteiger partial charge in [0.25, 0.3) is 0 Å². The van der Waals surface area contributed by atoms with Gasteiger partial charge in [-0.05, 0) is 80.3 Å². The summed E-state index contributed by atoms with van der Waals surface area (Å²) >= 11 is 0. The second kappa shape index (κ2) is 7.84. The third-order valence-corrected chi connectivity index (χ3v) is 8.90. The molecule has 0 unspecified atom stereocenters. The lowest BCUT2D eigenvalue weighted by atomic mass is 9.52. The molecule has 2 bridgehead atoms. The second-order valence-electron chi connectivity index (χ2n) is 10.7. The van der Waals surface area contributed by atoms with Gasteiger partial charge in [0, 0.05) is 56.5 Å². The van der Waals surface area contributed by atoms with Crippen molar-refractivity contribution in [3.05, 3.63) is 47.8 Å². The largest absolute Gasteiger partial charge is 0.508 e. The number of aryl methyl sites for hydroxylation is 1. The molecule has 7 nitrogen and oxygen atoms in total. The molecule has 3 fully saturated rings. The molecule has 2 aromatic rings. The van der Waals surface area contributed by atoms with Crippen molar-refractivity contribution in [3.63, 3.8) is 0 Å². The summed E-state index contributed by atoms with van der Waals surface area (Å²) in [7, 11) is 0. The number of phenolic OH excluding ortho intramolecular Hbond substituents is 1. The minimum atomic E-state index is -0.891. The van der Waals surface area contributed by atoms with E-state index in [9.17, 15) is 15.0 Å². The quantitative estimate of drug-likeness (QED) is 0.731. The first-order valence-corrected chi connectivity index (χ1v) is 12.5. The Morgan fingerprint density at radius 3 is 2.76 bits per heavy atom. The van der Waals surface area contributed by atoms with E-state index in [0.29, 0.717) is 32.5 Å². The van der Waals surface area contributed by atoms with Crippen molar-refractivity contribution in [2.24, 2.45) is 5.92 Å². The number of benzene rings is 1. The number of nitrogens with zero attached hydrogens (tertiary/aromatic N) is 4. The predicted octanol–water partition coefficient (Wildman–Crippen LogP) is 2.31. The van der Waals surface area contributed by atoms with Gasteiger partial charge in [0.2, 0.25) is 5.91 Å². The number of carbonyl (C=O) groups excluding carboxylic acids is 1. The summed E-state index contributed by atoms with van der Waals surface area (Å²) in [6, 6.07) is 7.67. The van der Waals surface area contributed by atoms with Crippen molar-refractivity contribution in [2.45, 2.75) is 68.5 Å². The Bertz CT molecular complexity index is 1040. The molecule has 7 heteroatoms. The molecular formula is C26H34N4O3. The van der Waals surface area contributed by atoms with Gasteiger partial charge in [-0.25, -0.2) is 0 Å². The molecule has 6 rings (SSSR count). The summed E-state index contributed by atoms with van der Waals surface area (Å²) in [6.07, 6.45) is 9.64. The number of rotatable bonds is 5. The SMILES string of the molecule is O=C(CCn1cccn1)N1CC[C@]23CCN(CC4CC4)[C@H](Cc4ccc(O)cc42)[C@]3(O)CC1. The van der Waals surface area contributed by atoms with E-state index in [4.69, 9.17) is 0 Å². The number of fused-ring (bicyclic) bond motifs is 1. The number of phenols is 1. The highest BCUT2D eigenvalue weighted by molar-refractivity contribution is 5.76. The minimum Gasteiger partial charge on any atom is -0.508 e. The van der Waals surface area contributed by atoms with Crippen molar-refractivity contribution in [1.29, 1.82) is 0 Å². The van der Waals surface area contributed by atoms with E-state index < -0.39 is 11.0 Å². The van der Waals surface area contributed by atoms with E-state index >= 15 is 0 Å². The molecule has 1 saturated carbocycles. The van der Waals surface area contributed by atoms with Crippen LogP contribution >= 0.6 is 0 Å². The highest BCUT2D eigenvalue weighted by atomic mass is 16.3. The fraction of sp³-hybridized carbons (Fsp3) is 0.615. The number of amides is 1. The lowest BCUT2D eigenvalue weighted by Crippen LogP contribution is -2.71. The smallest absolute Gasteiger partial charge is 0.224 e. The number of carbonyl (C=O) groups is 1. The zero-order valence-electron chi connectivity index (χ0n) is 19.2. The summed E-state index contributed by atoms with van der Waals surface area (Å²) in [5.74, 6) is 1.17. The maximum atomic E-state index is 13.1. The van der Waals surface area contributed by atoms with Crippen LogP contribution in [0.15, 0.2) is 36.7 Å². The van der Waals surface area contributed by atoms with E-state index in [-0.39, 0.29) is 17.7 Å². The Morgan fingerprint density at radius 2 is 1.97 bits per heavy atom. The van der Waals surface area contributed by atoms with Crippen molar-refractivity contribution in [3.8, 4) is 5.75 Å². The summed E-state index contributed by atoms with van der Waals surface area (Å²) in [5.41, 5.74) is 1.05. The summed E-state index contributed by atoms with van der Waals surface area (Å²) < 4.78 is 1.80. The van der Waals surface area contributed by atoms with Gasteiger partial charge >= 0.3 is 0 Å². The van der Waals surface area contributed by atoms with Crippen LogP contribution in [-0.4, -0.2) is 73.5 Å². The van der Waals surface area contributed by atoms with Crippen molar-refractivity contribution in [2.75, 3.05) is 26.2 Å². The molecule has 1 aromatic carbocycles. The van der Waals surface area contributed by atoms with Crippen LogP contribution in [0, 0.1) is 5.92 Å². The first-order valence-electron chi connectivity index (χ1n) is 12.5. The van der Waals surface area contributed by atoms with E-state index in [1.165, 1.54) is 18.4 Å². The molecule has 2 aliphatic carbocycles. The Kier molecular flexibility index (Phi) is 5.03. The topological polar surface area (TPSA) is 81.8 Å². The Labute approximate surface area is 195 Å². The number of hydrogen-bond donors (Lipinski definition) is 2. The van der Waals surface area contributed by atoms with Crippen molar-refractivity contribution in [1.82, 2.24) is 19.6 Å². The van der Waals surface area contributed by atoms with Gasteiger partial charge in [-0.2, -0.15) is 5.10 Å². The second-order valence-corrected chi connectivity index (χ2v) is 10.7. The molecule has 2 N–H and O–H groups in total. The van der Waals surface area contributed by atoms with Crippen LogP contribution in [-0.2, 0) is 23.2 Å². The number of likely N-dealkylation sites (tertiary alicyclic amines) is 2. The maximum absolute atomic E-state index is 13.1. The maximum Gasteiger partial charge on any atom is 0.224 e. The van der Waals surface area contributed by atoms with Crippen LogP contribution in [0.2, 0.25) is 0 Å². The standard InChI is InChI=1S/C26H34N4O3/c31-21-5-4-20-16-23-26(33)9-15-28(24(32)6-12-30-11-1-10-27-30)13-7-25(26,22(20)17-21)8-14-29(23)18-19-2-3-19/h1,4-5,10-11,17,19,23,31,33H,2-3,6-9,12-16,18H2/t23-,25+,26-/m1/s1. The molecule has 3 heterocycles. The third-order valence-electron chi connectivity index (χ3n) is 8.90. The number of hydrogen-bond acceptors (Lipinski definition) is 5. The molecule has 0 spiro atoms. The molecule has 2 aliphatic heterocycles. The van der Waals surface area contributed by atoms with Gasteiger partial charge in [0.1, 0.15) is 5.75 Å². The number of aromatic hydroxyl groups is 1. The average molecular weight is 451 g/mol. The molecular weight excluding hydrogens is 416 g/mol. The van der Waals surface area contributed by atoms with E-state index in [0.717, 1.165) is 43.8 Å². The van der Waals surface area contributed by atoms with Crippen LogP contribution < -0.4 is 0 Å². The zero-order valence-corrected chi connectivity index (χ0v) is 19.2. The normalized spacial score (nSPS) is 31.5. The fourth-order valence-electron chi connectivity index (χ4n) is 6.92. The Hall–Kier alpha value is -2.38. The Morgan fingerprint density at radius 1 is 1.15 bits per heavy atom. The van der Waals surface area contributed by atoms with Crippen molar-refractivity contribution < 1.29 is 15.0 Å². The summed E-state index contributed by atoms with van der Waals surface area (Å²) in [5, 5.41) is 27.0. The molecule has 0 radical (unpaired) electrons. The van der Waals surface area contributed by atoms with Crippen LogP contribution in [0.4, 0.5) is 0 Å². The number of aromatic nitrogens is 2. The fourth-order valence-corrected chi connectivity index (χ4v) is 6.92. The molecule has 176 valence electrons. The first kappa shape index (κ1) is 21.2. The van der Waals surface area contributed by atoms with Crippen LogP contribution in [0.1, 0.15) is 49.7 Å². The minimum absolute atomic E-state index is 0.0722. The lowest BCUT2D eigenvalue weighted by molar-refractivity contribution is -0.149. The zero-order chi connectivity index (χ0) is 22.6. The predicted molar refractivity (Wildman–Crippen MR) is 124 cm³/mol.